The molecular formula is C3H3N2ReS-. The summed E-state index contributed by atoms with van der Waals surface area (Å²) in [6.45, 7) is 1.84. The monoisotopic (exact) mass is 286 g/mol. The fourth-order valence-corrected chi connectivity index (χ4v) is 0.580. The van der Waals surface area contributed by atoms with E-state index in [-0.39, 0.29) is 20.4 Å². The Morgan fingerprint density at radius 1 is 1.71 bits per heavy atom. The van der Waals surface area contributed by atoms with E-state index < -0.39 is 0 Å². The number of hydrogen-bond donors (Lipinski definition) is 0. The fraction of sp³-hybridized carbons (Fsp3) is 0.333. The van der Waals surface area contributed by atoms with Crippen molar-refractivity contribution in [2.45, 2.75) is 6.92 Å². The molecular weight excluding hydrogens is 282 g/mol. The van der Waals surface area contributed by atoms with E-state index in [1.54, 1.807) is 0 Å². The van der Waals surface area contributed by atoms with E-state index in [4.69, 9.17) is 0 Å². The van der Waals surface area contributed by atoms with E-state index in [1.807, 2.05) is 6.92 Å². The van der Waals surface area contributed by atoms with Crippen LogP contribution in [0.4, 0.5) is 0 Å². The van der Waals surface area contributed by atoms with Crippen molar-refractivity contribution in [2.75, 3.05) is 0 Å². The second-order valence-corrected chi connectivity index (χ2v) is 1.48. The predicted octanol–water partition coefficient (Wildman–Crippen LogP) is 0.644. The second-order valence-electron chi connectivity index (χ2n) is 0.933. The molecule has 4 heteroatoms. The van der Waals surface area contributed by atoms with Crippen LogP contribution in [0, 0.1) is 12.4 Å². The van der Waals surface area contributed by atoms with Crippen molar-refractivity contribution in [1.29, 1.82) is 0 Å². The second kappa shape index (κ2) is 3.25. The molecule has 0 saturated carbocycles. The predicted molar refractivity (Wildman–Crippen MR) is 23.5 cm³/mol. The van der Waals surface area contributed by atoms with E-state index in [0.29, 0.717) is 0 Å². The maximum Gasteiger partial charge on any atom is 0 e. The summed E-state index contributed by atoms with van der Waals surface area (Å²) in [5.41, 5.74) is 2.61. The van der Waals surface area contributed by atoms with Gasteiger partial charge in [0.2, 0.25) is 0 Å². The maximum atomic E-state index is 3.79. The smallest absolute Gasteiger partial charge is 0 e. The van der Waals surface area contributed by atoms with Crippen molar-refractivity contribution < 1.29 is 20.4 Å². The number of hydrogen-bond acceptors (Lipinski definition) is 3. The molecule has 0 amide bonds. The number of aromatic nitrogens is 2. The number of rotatable bonds is 0. The molecule has 0 N–H and O–H groups in total. The average molecular weight is 285 g/mol. The van der Waals surface area contributed by atoms with E-state index in [9.17, 15) is 0 Å². The van der Waals surface area contributed by atoms with Gasteiger partial charge in [0.25, 0.3) is 0 Å². The van der Waals surface area contributed by atoms with Crippen LogP contribution in [0.25, 0.3) is 0 Å². The molecule has 2 nitrogen and oxygen atoms in total. The van der Waals surface area contributed by atoms with Crippen LogP contribution in [0.2, 0.25) is 0 Å². The molecule has 1 rings (SSSR count). The Morgan fingerprint density at radius 2 is 2.43 bits per heavy atom. The number of nitrogens with zero attached hydrogens (tertiary/aromatic N) is 2. The van der Waals surface area contributed by atoms with Gasteiger partial charge in [-0.3, -0.25) is 4.37 Å². The molecule has 0 fully saturated rings. The first-order chi connectivity index (χ1) is 2.89. The van der Waals surface area contributed by atoms with Gasteiger partial charge in [-0.2, -0.15) is 11.5 Å². The van der Waals surface area contributed by atoms with Crippen molar-refractivity contribution in [3.63, 3.8) is 0 Å². The zero-order valence-electron chi connectivity index (χ0n) is 3.68. The quantitative estimate of drug-likeness (QED) is 0.654. The average Bonchev–Trinajstić information content (AvgIpc) is 1.86. The Kier molecular flexibility index (Phi) is 3.36. The summed E-state index contributed by atoms with van der Waals surface area (Å²) in [5, 5.41) is 0. The third kappa shape index (κ3) is 2.13. The van der Waals surface area contributed by atoms with Crippen LogP contribution in [-0.2, 0) is 20.4 Å². The van der Waals surface area contributed by atoms with Gasteiger partial charge in [-0.05, 0) is 5.82 Å². The first-order valence-corrected chi connectivity index (χ1v) is 2.33. The van der Waals surface area contributed by atoms with Crippen molar-refractivity contribution >= 4 is 11.5 Å². The van der Waals surface area contributed by atoms with Gasteiger partial charge in [0.1, 0.15) is 0 Å². The Labute approximate surface area is 59.8 Å². The molecule has 0 aliphatic rings. The first-order valence-electron chi connectivity index (χ1n) is 1.56. The minimum atomic E-state index is 0. The largest absolute Gasteiger partial charge is 0.426 e. The molecule has 1 aromatic heterocycles. The molecule has 0 aliphatic carbocycles. The van der Waals surface area contributed by atoms with Crippen LogP contribution in [0.1, 0.15) is 5.82 Å². The Balaban J connectivity index is 0.000000360. The minimum absolute atomic E-state index is 0. The van der Waals surface area contributed by atoms with E-state index in [0.717, 1.165) is 5.82 Å². The third-order valence-corrected chi connectivity index (χ3v) is 0.954. The van der Waals surface area contributed by atoms with Gasteiger partial charge in [0.05, 0.1) is 0 Å². The van der Waals surface area contributed by atoms with Crippen LogP contribution in [0.5, 0.6) is 0 Å². The molecule has 0 saturated heterocycles. The molecule has 0 aromatic carbocycles. The SMILES string of the molecule is Cc1n[c-]sn1.[Re]. The molecule has 0 aliphatic heterocycles. The van der Waals surface area contributed by atoms with Crippen LogP contribution in [-0.4, -0.2) is 9.36 Å². The third-order valence-electron chi connectivity index (χ3n) is 0.426. The molecule has 1 heterocycles. The van der Waals surface area contributed by atoms with Gasteiger partial charge in [-0.15, -0.1) is 0 Å². The topological polar surface area (TPSA) is 25.8 Å². The number of aryl methyl sites for hydroxylation is 1. The van der Waals surface area contributed by atoms with Crippen LogP contribution in [0.15, 0.2) is 0 Å². The first kappa shape index (κ1) is 7.22. The summed E-state index contributed by atoms with van der Waals surface area (Å²) >= 11 is 1.25. The van der Waals surface area contributed by atoms with E-state index in [1.165, 1.54) is 11.5 Å². The Hall–Kier alpha value is 0.222. The van der Waals surface area contributed by atoms with Gasteiger partial charge in [0, 0.05) is 20.4 Å². The van der Waals surface area contributed by atoms with E-state index in [2.05, 4.69) is 14.9 Å². The van der Waals surface area contributed by atoms with Gasteiger partial charge in [-0.25, -0.2) is 0 Å². The van der Waals surface area contributed by atoms with Crippen molar-refractivity contribution in [3.05, 3.63) is 11.3 Å². The van der Waals surface area contributed by atoms with Crippen LogP contribution < -0.4 is 0 Å². The van der Waals surface area contributed by atoms with Crippen molar-refractivity contribution in [2.24, 2.45) is 0 Å². The van der Waals surface area contributed by atoms with Gasteiger partial charge in [-0.1, -0.05) is 12.4 Å². The summed E-state index contributed by atoms with van der Waals surface area (Å²) in [6.07, 6.45) is 0. The van der Waals surface area contributed by atoms with Gasteiger partial charge < -0.3 is 4.98 Å². The zero-order chi connectivity index (χ0) is 4.41. The molecule has 0 spiro atoms. The summed E-state index contributed by atoms with van der Waals surface area (Å²) in [6, 6.07) is 0. The van der Waals surface area contributed by atoms with Crippen LogP contribution in [0.3, 0.4) is 0 Å². The molecule has 1 radical (unpaired) electrons. The summed E-state index contributed by atoms with van der Waals surface area (Å²) in [7, 11) is 0. The standard InChI is InChI=1S/C3H3N2S.Re/c1-3-4-2-6-5-3;/h1H3;/q-1;. The summed E-state index contributed by atoms with van der Waals surface area (Å²) in [4.78, 5) is 3.70. The molecule has 0 bridgehead atoms. The maximum absolute atomic E-state index is 3.79. The molecule has 39 valence electrons. The van der Waals surface area contributed by atoms with Gasteiger partial charge >= 0.3 is 0 Å². The zero-order valence-corrected chi connectivity index (χ0v) is 7.21. The molecule has 0 atom stereocenters. The Morgan fingerprint density at radius 3 is 2.57 bits per heavy atom. The Bertz CT molecular complexity index is 116. The summed E-state index contributed by atoms with van der Waals surface area (Å²) in [5.74, 6) is 0.806. The fourth-order valence-electron chi connectivity index (χ4n) is 0.193. The van der Waals surface area contributed by atoms with Gasteiger partial charge in [0.15, 0.2) is 0 Å². The van der Waals surface area contributed by atoms with Crippen LogP contribution >= 0.6 is 11.5 Å². The normalized spacial score (nSPS) is 7.57. The van der Waals surface area contributed by atoms with Crippen molar-refractivity contribution in [3.8, 4) is 0 Å². The molecule has 0 unspecified atom stereocenters. The van der Waals surface area contributed by atoms with E-state index >= 15 is 0 Å². The molecule has 7 heavy (non-hydrogen) atoms. The minimum Gasteiger partial charge on any atom is -0.426 e. The van der Waals surface area contributed by atoms with Crippen molar-refractivity contribution in [1.82, 2.24) is 9.36 Å². The summed E-state index contributed by atoms with van der Waals surface area (Å²) < 4.78 is 3.79. The molecule has 1 aromatic rings.